The van der Waals surface area contributed by atoms with Gasteiger partial charge >= 0.3 is 0 Å². The van der Waals surface area contributed by atoms with Crippen molar-refractivity contribution in [3.8, 4) is 23.1 Å². The maximum Gasteiger partial charge on any atom is 0.223 e. The molecule has 1 fully saturated rings. The fraction of sp³-hybridized carbons (Fsp3) is 0.231. The van der Waals surface area contributed by atoms with Gasteiger partial charge < -0.3 is 4.74 Å². The van der Waals surface area contributed by atoms with Gasteiger partial charge in [0.15, 0.2) is 5.82 Å². The Morgan fingerprint density at radius 3 is 2.48 bits per heavy atom. The largest absolute Gasteiger partial charge is 0.439 e. The molecule has 1 aliphatic heterocycles. The summed E-state index contributed by atoms with van der Waals surface area (Å²) in [5.74, 6) is 1.82. The van der Waals surface area contributed by atoms with E-state index >= 15 is 0 Å². The number of rotatable bonds is 6. The molecule has 33 heavy (non-hydrogen) atoms. The highest BCUT2D eigenvalue weighted by Crippen LogP contribution is 2.32. The number of ether oxygens (including phenoxy) is 1. The Balaban J connectivity index is 1.36. The molecular formula is C26H24FN5O. The topological polar surface area (TPSA) is 64.0 Å². The van der Waals surface area contributed by atoms with Crippen molar-refractivity contribution in [2.75, 3.05) is 13.1 Å². The normalized spacial score (nSPS) is 14.8. The highest BCUT2D eigenvalue weighted by atomic mass is 19.1. The van der Waals surface area contributed by atoms with E-state index < -0.39 is 0 Å². The number of benzene rings is 2. The first-order chi connectivity index (χ1) is 16.2. The van der Waals surface area contributed by atoms with Crippen LogP contribution in [0.25, 0.3) is 11.5 Å². The molecule has 6 nitrogen and oxygen atoms in total. The molecule has 7 heteroatoms. The maximum atomic E-state index is 14.0. The van der Waals surface area contributed by atoms with E-state index in [1.54, 1.807) is 24.7 Å². The van der Waals surface area contributed by atoms with Crippen molar-refractivity contribution in [2.45, 2.75) is 25.3 Å². The van der Waals surface area contributed by atoms with Crippen LogP contribution in [0.4, 0.5) is 4.39 Å². The molecule has 0 spiro atoms. The van der Waals surface area contributed by atoms with Gasteiger partial charge in [0.05, 0.1) is 11.9 Å². The smallest absolute Gasteiger partial charge is 0.223 e. The van der Waals surface area contributed by atoms with E-state index in [0.29, 0.717) is 29.7 Å². The molecule has 1 saturated heterocycles. The first-order valence-corrected chi connectivity index (χ1v) is 11.1. The summed E-state index contributed by atoms with van der Waals surface area (Å²) in [4.78, 5) is 20.2. The van der Waals surface area contributed by atoms with Crippen molar-refractivity contribution in [1.29, 1.82) is 0 Å². The number of piperidine rings is 1. The average Bonchev–Trinajstić information content (AvgIpc) is 2.87. The van der Waals surface area contributed by atoms with E-state index in [9.17, 15) is 4.39 Å². The quantitative estimate of drug-likeness (QED) is 0.408. The molecule has 0 aliphatic carbocycles. The highest BCUT2D eigenvalue weighted by Gasteiger charge is 2.24. The summed E-state index contributed by atoms with van der Waals surface area (Å²) in [6.45, 7) is 2.37. The molecule has 2 aromatic carbocycles. The van der Waals surface area contributed by atoms with E-state index in [4.69, 9.17) is 9.72 Å². The van der Waals surface area contributed by atoms with Crippen LogP contribution in [0.5, 0.6) is 11.6 Å². The van der Waals surface area contributed by atoms with Crippen LogP contribution in [0.2, 0.25) is 0 Å². The summed E-state index contributed by atoms with van der Waals surface area (Å²) in [5, 5.41) is 0. The second-order valence-corrected chi connectivity index (χ2v) is 8.10. The molecule has 5 rings (SSSR count). The zero-order valence-electron chi connectivity index (χ0n) is 18.1. The van der Waals surface area contributed by atoms with Gasteiger partial charge in [0.1, 0.15) is 17.3 Å². The third-order valence-electron chi connectivity index (χ3n) is 5.84. The Bertz CT molecular complexity index is 1200. The minimum absolute atomic E-state index is 0.147. The second-order valence-electron chi connectivity index (χ2n) is 8.10. The van der Waals surface area contributed by atoms with Gasteiger partial charge in [0.25, 0.3) is 0 Å². The molecule has 0 amide bonds. The third kappa shape index (κ3) is 5.21. The molecule has 0 N–H and O–H groups in total. The number of hydrogen-bond acceptors (Lipinski definition) is 6. The molecule has 0 atom stereocenters. The van der Waals surface area contributed by atoms with Crippen molar-refractivity contribution in [3.63, 3.8) is 0 Å². The van der Waals surface area contributed by atoms with E-state index in [0.717, 1.165) is 37.2 Å². The minimum atomic E-state index is -0.147. The number of aromatic nitrogens is 4. The molecule has 0 radical (unpaired) electrons. The van der Waals surface area contributed by atoms with Gasteiger partial charge in [-0.2, -0.15) is 4.98 Å². The van der Waals surface area contributed by atoms with E-state index in [2.05, 4.69) is 19.9 Å². The number of likely N-dealkylation sites (tertiary alicyclic amines) is 1. The summed E-state index contributed by atoms with van der Waals surface area (Å²) < 4.78 is 20.1. The van der Waals surface area contributed by atoms with Crippen molar-refractivity contribution >= 4 is 0 Å². The lowest BCUT2D eigenvalue weighted by Crippen LogP contribution is -2.33. The van der Waals surface area contributed by atoms with Gasteiger partial charge in [0, 0.05) is 36.5 Å². The summed E-state index contributed by atoms with van der Waals surface area (Å²) in [5.41, 5.74) is 2.28. The van der Waals surface area contributed by atoms with Gasteiger partial charge in [-0.05, 0) is 44.1 Å². The Hall–Kier alpha value is -3.71. The van der Waals surface area contributed by atoms with Crippen molar-refractivity contribution < 1.29 is 9.13 Å². The molecule has 4 aromatic rings. The number of hydrogen-bond donors (Lipinski definition) is 0. The fourth-order valence-electron chi connectivity index (χ4n) is 4.10. The Kier molecular flexibility index (Phi) is 6.30. The van der Waals surface area contributed by atoms with Gasteiger partial charge in [-0.15, -0.1) is 0 Å². The third-order valence-corrected chi connectivity index (χ3v) is 5.84. The molecule has 2 aromatic heterocycles. The van der Waals surface area contributed by atoms with Crippen molar-refractivity contribution in [3.05, 3.63) is 96.3 Å². The molecule has 1 aliphatic rings. The monoisotopic (exact) mass is 441 g/mol. The Morgan fingerprint density at radius 2 is 1.73 bits per heavy atom. The number of para-hydroxylation sites is 1. The number of nitrogens with zero attached hydrogens (tertiary/aromatic N) is 5. The van der Waals surface area contributed by atoms with Crippen LogP contribution in [0.15, 0.2) is 79.3 Å². The zero-order valence-corrected chi connectivity index (χ0v) is 18.1. The maximum absolute atomic E-state index is 14.0. The van der Waals surface area contributed by atoms with Crippen LogP contribution < -0.4 is 4.74 Å². The van der Waals surface area contributed by atoms with E-state index in [1.807, 2.05) is 48.5 Å². The summed E-state index contributed by atoms with van der Waals surface area (Å²) >= 11 is 0. The Labute approximate surface area is 192 Å². The lowest BCUT2D eigenvalue weighted by Gasteiger charge is -2.32. The van der Waals surface area contributed by atoms with Crippen molar-refractivity contribution in [1.82, 2.24) is 24.8 Å². The molecule has 0 bridgehead atoms. The van der Waals surface area contributed by atoms with Crippen LogP contribution in [0.3, 0.4) is 0 Å². The molecule has 3 heterocycles. The SMILES string of the molecule is Fc1ccccc1CN1CCC(c2cc(Oc3ccccc3)nc(-c3cnccn3)n2)CC1. The highest BCUT2D eigenvalue weighted by molar-refractivity contribution is 5.49. The predicted octanol–water partition coefficient (Wildman–Crippen LogP) is 5.24. The first-order valence-electron chi connectivity index (χ1n) is 11.1. The van der Waals surface area contributed by atoms with Crippen LogP contribution in [0, 0.1) is 5.82 Å². The van der Waals surface area contributed by atoms with Crippen molar-refractivity contribution in [2.24, 2.45) is 0 Å². The number of halogens is 1. The summed E-state index contributed by atoms with van der Waals surface area (Å²) in [6, 6.07) is 18.5. The van der Waals surface area contributed by atoms with Crippen LogP contribution in [-0.2, 0) is 6.54 Å². The Morgan fingerprint density at radius 1 is 0.939 bits per heavy atom. The van der Waals surface area contributed by atoms with Gasteiger partial charge in [-0.3, -0.25) is 9.88 Å². The van der Waals surface area contributed by atoms with Gasteiger partial charge in [0.2, 0.25) is 5.88 Å². The predicted molar refractivity (Wildman–Crippen MR) is 123 cm³/mol. The molecule has 0 saturated carbocycles. The summed E-state index contributed by atoms with van der Waals surface area (Å²) in [7, 11) is 0. The fourth-order valence-corrected chi connectivity index (χ4v) is 4.10. The molecule has 166 valence electrons. The van der Waals surface area contributed by atoms with Gasteiger partial charge in [-0.1, -0.05) is 36.4 Å². The van der Waals surface area contributed by atoms with Crippen LogP contribution >= 0.6 is 0 Å². The lowest BCUT2D eigenvalue weighted by molar-refractivity contribution is 0.201. The average molecular weight is 442 g/mol. The van der Waals surface area contributed by atoms with E-state index in [1.165, 1.54) is 6.07 Å². The van der Waals surface area contributed by atoms with Crippen LogP contribution in [-0.4, -0.2) is 37.9 Å². The summed E-state index contributed by atoms with van der Waals surface area (Å²) in [6.07, 6.45) is 6.76. The standard InChI is InChI=1S/C26H24FN5O/c27-22-9-5-4-6-20(22)18-32-14-10-19(11-15-32)23-16-25(33-21-7-2-1-3-8-21)31-26(30-23)24-17-28-12-13-29-24/h1-9,12-13,16-17,19H,10-11,14-15,18H2. The second kappa shape index (κ2) is 9.83. The van der Waals surface area contributed by atoms with Gasteiger partial charge in [-0.25, -0.2) is 14.4 Å². The molecule has 0 unspecified atom stereocenters. The lowest BCUT2D eigenvalue weighted by atomic mass is 9.93. The van der Waals surface area contributed by atoms with Crippen LogP contribution in [0.1, 0.15) is 30.0 Å². The minimum Gasteiger partial charge on any atom is -0.439 e. The zero-order chi connectivity index (χ0) is 22.5. The van der Waals surface area contributed by atoms with E-state index in [-0.39, 0.29) is 11.7 Å². The first kappa shape index (κ1) is 21.2. The molecular weight excluding hydrogens is 417 g/mol.